The van der Waals surface area contributed by atoms with Gasteiger partial charge in [0.1, 0.15) is 0 Å². The van der Waals surface area contributed by atoms with Crippen molar-refractivity contribution in [3.8, 4) is 0 Å². The van der Waals surface area contributed by atoms with Gasteiger partial charge in [0.25, 0.3) is 0 Å². The minimum atomic E-state index is -0.445. The molecule has 6 heteroatoms. The van der Waals surface area contributed by atoms with E-state index in [-0.39, 0.29) is 6.03 Å². The molecule has 2 aromatic carbocycles. The largest absolute Gasteiger partial charge is 0.372 e. The number of hydrogen-bond acceptors (Lipinski definition) is 4. The van der Waals surface area contributed by atoms with Crippen molar-refractivity contribution >= 4 is 40.9 Å². The molecule has 2 saturated heterocycles. The Morgan fingerprint density at radius 3 is 2.00 bits per heavy atom. The van der Waals surface area contributed by atoms with E-state index in [9.17, 15) is 4.79 Å². The van der Waals surface area contributed by atoms with E-state index in [4.69, 9.17) is 0 Å². The molecule has 0 atom stereocenters. The summed E-state index contributed by atoms with van der Waals surface area (Å²) in [6, 6.07) is 15.2. The van der Waals surface area contributed by atoms with Crippen LogP contribution in [0.1, 0.15) is 69.1 Å². The zero-order chi connectivity index (χ0) is 23.6. The Morgan fingerprint density at radius 2 is 1.48 bits per heavy atom. The Hall–Kier alpha value is -1.79. The van der Waals surface area contributed by atoms with E-state index in [1.54, 1.807) is 0 Å². The number of anilines is 2. The van der Waals surface area contributed by atoms with Crippen molar-refractivity contribution in [3.05, 3.63) is 59.2 Å². The van der Waals surface area contributed by atoms with Crippen LogP contribution in [-0.2, 0) is 4.20 Å². The highest BCUT2D eigenvalue weighted by atomic mass is 32.2. The summed E-state index contributed by atoms with van der Waals surface area (Å²) < 4.78 is -0.445. The van der Waals surface area contributed by atoms with Crippen LogP contribution in [0.15, 0.2) is 42.5 Å². The Morgan fingerprint density at radius 1 is 0.939 bits per heavy atom. The Balaban J connectivity index is 1.61. The number of para-hydroxylation sites is 1. The van der Waals surface area contributed by atoms with Crippen LogP contribution >= 0.6 is 23.5 Å². The summed E-state index contributed by atoms with van der Waals surface area (Å²) in [6.45, 7) is 11.1. The third kappa shape index (κ3) is 5.02. The number of urea groups is 1. The number of hydrogen-bond donors (Lipinski definition) is 1. The molecule has 4 nitrogen and oxygen atoms in total. The van der Waals surface area contributed by atoms with Crippen LogP contribution in [-0.4, -0.2) is 37.7 Å². The quantitative estimate of drug-likeness (QED) is 0.481. The standard InChI is InChI=1S/C27H37N3OS2/c1-19(2)23-9-8-10-24(20(3)4)25(23)29(5)26(31)28-27(32-17-18-33-27)21-11-13-22(14-12-21)30-15-6-7-16-30/h8-14,19-20H,6-7,15-18H2,1-5H3,(H,28,31). The number of benzene rings is 2. The number of amides is 2. The Bertz CT molecular complexity index is 936. The van der Waals surface area contributed by atoms with Crippen molar-refractivity contribution in [1.82, 2.24) is 5.32 Å². The number of rotatable bonds is 6. The molecule has 4 rings (SSSR count). The third-order valence-corrected chi connectivity index (χ3v) is 9.94. The van der Waals surface area contributed by atoms with E-state index in [1.165, 1.54) is 35.2 Å². The lowest BCUT2D eigenvalue weighted by atomic mass is 9.92. The fraction of sp³-hybridized carbons (Fsp3) is 0.519. The molecule has 0 saturated carbocycles. The van der Waals surface area contributed by atoms with Gasteiger partial charge in [0.2, 0.25) is 0 Å². The van der Waals surface area contributed by atoms with E-state index >= 15 is 0 Å². The highest BCUT2D eigenvalue weighted by Gasteiger charge is 2.40. The molecule has 2 amide bonds. The van der Waals surface area contributed by atoms with Gasteiger partial charge >= 0.3 is 6.03 Å². The maximum absolute atomic E-state index is 13.7. The minimum absolute atomic E-state index is 0.0458. The molecule has 0 aromatic heterocycles. The lowest BCUT2D eigenvalue weighted by Gasteiger charge is -2.33. The van der Waals surface area contributed by atoms with E-state index in [0.717, 1.165) is 30.3 Å². The first-order valence-electron chi connectivity index (χ1n) is 12.1. The van der Waals surface area contributed by atoms with Crippen molar-refractivity contribution < 1.29 is 4.79 Å². The summed E-state index contributed by atoms with van der Waals surface area (Å²) in [4.78, 5) is 18.0. The van der Waals surface area contributed by atoms with Crippen molar-refractivity contribution in [1.29, 1.82) is 0 Å². The summed E-state index contributed by atoms with van der Waals surface area (Å²) in [5, 5.41) is 3.43. The van der Waals surface area contributed by atoms with Gasteiger partial charge in [-0.3, -0.25) is 4.90 Å². The predicted octanol–water partition coefficient (Wildman–Crippen LogP) is 6.97. The first kappa shape index (κ1) is 24.3. The molecule has 2 aliphatic rings. The monoisotopic (exact) mass is 483 g/mol. The second-order valence-electron chi connectivity index (χ2n) is 9.64. The van der Waals surface area contributed by atoms with Crippen molar-refractivity contribution in [2.45, 2.75) is 56.6 Å². The van der Waals surface area contributed by atoms with Crippen LogP contribution in [0.25, 0.3) is 0 Å². The van der Waals surface area contributed by atoms with E-state index < -0.39 is 4.20 Å². The molecule has 0 bridgehead atoms. The lowest BCUT2D eigenvalue weighted by molar-refractivity contribution is 0.246. The normalized spacial score (nSPS) is 17.7. The molecule has 2 aliphatic heterocycles. The van der Waals surface area contributed by atoms with Crippen molar-refractivity contribution in [3.63, 3.8) is 0 Å². The molecule has 0 spiro atoms. The molecule has 0 aliphatic carbocycles. The van der Waals surface area contributed by atoms with Crippen LogP contribution < -0.4 is 15.1 Å². The predicted molar refractivity (Wildman–Crippen MR) is 146 cm³/mol. The summed E-state index contributed by atoms with van der Waals surface area (Å²) in [5.74, 6) is 2.75. The van der Waals surface area contributed by atoms with Gasteiger partial charge in [-0.2, -0.15) is 0 Å². The van der Waals surface area contributed by atoms with Gasteiger partial charge in [-0.1, -0.05) is 58.0 Å². The van der Waals surface area contributed by atoms with Crippen molar-refractivity contribution in [2.75, 3.05) is 41.4 Å². The molecular weight excluding hydrogens is 446 g/mol. The molecule has 0 radical (unpaired) electrons. The topological polar surface area (TPSA) is 35.6 Å². The minimum Gasteiger partial charge on any atom is -0.372 e. The fourth-order valence-corrected chi connectivity index (χ4v) is 7.82. The molecule has 2 aromatic rings. The SMILES string of the molecule is CC(C)c1cccc(C(C)C)c1N(C)C(=O)NC1(c2ccc(N3CCCC3)cc2)SCCS1. The summed E-state index contributed by atoms with van der Waals surface area (Å²) >= 11 is 3.67. The van der Waals surface area contributed by atoms with E-state index in [2.05, 4.69) is 80.4 Å². The van der Waals surface area contributed by atoms with Crippen LogP contribution in [0, 0.1) is 0 Å². The van der Waals surface area contributed by atoms with Crippen LogP contribution in [0.4, 0.5) is 16.2 Å². The summed E-state index contributed by atoms with van der Waals surface area (Å²) in [5.41, 5.74) is 5.94. The van der Waals surface area contributed by atoms with Gasteiger partial charge in [-0.05, 0) is 53.5 Å². The maximum atomic E-state index is 13.7. The number of nitrogens with one attached hydrogen (secondary N) is 1. The zero-order valence-corrected chi connectivity index (χ0v) is 22.2. The second kappa shape index (κ2) is 10.2. The first-order valence-corrected chi connectivity index (χ1v) is 14.1. The summed E-state index contributed by atoms with van der Waals surface area (Å²) in [6.07, 6.45) is 2.55. The van der Waals surface area contributed by atoms with Gasteiger partial charge in [0.05, 0.1) is 5.69 Å². The van der Waals surface area contributed by atoms with Gasteiger partial charge in [0, 0.05) is 37.3 Å². The lowest BCUT2D eigenvalue weighted by Crippen LogP contribution is -2.46. The van der Waals surface area contributed by atoms with Gasteiger partial charge < -0.3 is 10.2 Å². The number of thioether (sulfide) groups is 2. The molecular formula is C27H37N3OS2. The highest BCUT2D eigenvalue weighted by Crippen LogP contribution is 2.50. The molecule has 33 heavy (non-hydrogen) atoms. The van der Waals surface area contributed by atoms with E-state index in [1.807, 2.05) is 35.5 Å². The first-order chi connectivity index (χ1) is 15.8. The van der Waals surface area contributed by atoms with Gasteiger partial charge in [-0.15, -0.1) is 23.5 Å². The van der Waals surface area contributed by atoms with Crippen LogP contribution in [0.5, 0.6) is 0 Å². The van der Waals surface area contributed by atoms with Gasteiger partial charge in [0.15, 0.2) is 4.20 Å². The molecule has 178 valence electrons. The highest BCUT2D eigenvalue weighted by molar-refractivity contribution is 8.20. The Labute approximate surface area is 207 Å². The van der Waals surface area contributed by atoms with Crippen LogP contribution in [0.2, 0.25) is 0 Å². The Kier molecular flexibility index (Phi) is 7.54. The maximum Gasteiger partial charge on any atom is 0.323 e. The second-order valence-corrected chi connectivity index (χ2v) is 12.5. The molecule has 0 unspecified atom stereocenters. The number of nitrogens with zero attached hydrogens (tertiary/aromatic N) is 2. The average Bonchev–Trinajstić information content (AvgIpc) is 3.51. The van der Waals surface area contributed by atoms with Crippen molar-refractivity contribution in [2.24, 2.45) is 0 Å². The van der Waals surface area contributed by atoms with Crippen LogP contribution in [0.3, 0.4) is 0 Å². The molecule has 2 heterocycles. The number of carbonyl (C=O) groups excluding carboxylic acids is 1. The van der Waals surface area contributed by atoms with Gasteiger partial charge in [-0.25, -0.2) is 4.79 Å². The van der Waals surface area contributed by atoms with E-state index in [0.29, 0.717) is 11.8 Å². The smallest absolute Gasteiger partial charge is 0.323 e. The molecule has 2 fully saturated rings. The summed E-state index contributed by atoms with van der Waals surface area (Å²) in [7, 11) is 1.91. The fourth-order valence-electron chi connectivity index (χ4n) is 4.82. The molecule has 1 N–H and O–H groups in total. The average molecular weight is 484 g/mol. The third-order valence-electron chi connectivity index (χ3n) is 6.67. The zero-order valence-electron chi connectivity index (χ0n) is 20.6. The number of carbonyl (C=O) groups is 1.